The first-order valence-electron chi connectivity index (χ1n) is 9.18. The number of ether oxygens (including phenoxy) is 2. The number of nitrogens with zero attached hydrogens (tertiary/aromatic N) is 1. The van der Waals surface area contributed by atoms with Gasteiger partial charge in [-0.3, -0.25) is 4.79 Å². The molecule has 0 saturated heterocycles. The summed E-state index contributed by atoms with van der Waals surface area (Å²) in [7, 11) is -0.608. The van der Waals surface area contributed by atoms with E-state index in [2.05, 4.69) is 5.32 Å². The standard InChI is InChI=1S/C22H20N2O5S/c1-28-15-11-12-19(29-2)16(13-15)23-22(25)14-24-17-7-3-5-9-20(17)30(26,27)21-10-6-4-8-18(21)24/h3-13H,14H2,1-2H3,(H,23,25). The predicted octanol–water partition coefficient (Wildman–Crippen LogP) is 3.63. The lowest BCUT2D eigenvalue weighted by atomic mass is 10.2. The highest BCUT2D eigenvalue weighted by atomic mass is 32.2. The second-order valence-corrected chi connectivity index (χ2v) is 8.53. The number of anilines is 3. The number of methoxy groups -OCH3 is 2. The molecule has 3 aromatic carbocycles. The van der Waals surface area contributed by atoms with Crippen LogP contribution in [0.2, 0.25) is 0 Å². The zero-order valence-corrected chi connectivity index (χ0v) is 17.3. The number of benzene rings is 3. The minimum Gasteiger partial charge on any atom is -0.497 e. The number of sulfone groups is 1. The summed E-state index contributed by atoms with van der Waals surface area (Å²) >= 11 is 0. The summed E-state index contributed by atoms with van der Waals surface area (Å²) in [5.74, 6) is 0.738. The summed E-state index contributed by atoms with van der Waals surface area (Å²) in [5.41, 5.74) is 1.39. The summed E-state index contributed by atoms with van der Waals surface area (Å²) in [4.78, 5) is 15.0. The number of amides is 1. The zero-order valence-electron chi connectivity index (χ0n) is 16.5. The highest BCUT2D eigenvalue weighted by Gasteiger charge is 2.34. The van der Waals surface area contributed by atoms with Crippen molar-refractivity contribution in [2.24, 2.45) is 0 Å². The van der Waals surface area contributed by atoms with Gasteiger partial charge in [-0.15, -0.1) is 0 Å². The van der Waals surface area contributed by atoms with Gasteiger partial charge in [-0.05, 0) is 36.4 Å². The largest absolute Gasteiger partial charge is 0.497 e. The van der Waals surface area contributed by atoms with Gasteiger partial charge in [0.15, 0.2) is 0 Å². The van der Waals surface area contributed by atoms with Crippen LogP contribution < -0.4 is 19.7 Å². The maximum atomic E-state index is 13.0. The van der Waals surface area contributed by atoms with E-state index >= 15 is 0 Å². The van der Waals surface area contributed by atoms with Crippen molar-refractivity contribution in [3.63, 3.8) is 0 Å². The lowest BCUT2D eigenvalue weighted by Crippen LogP contribution is -2.33. The highest BCUT2D eigenvalue weighted by Crippen LogP contribution is 2.43. The molecule has 0 aliphatic carbocycles. The Kier molecular flexibility index (Phi) is 5.09. The van der Waals surface area contributed by atoms with Crippen LogP contribution in [-0.4, -0.2) is 35.1 Å². The van der Waals surface area contributed by atoms with Gasteiger partial charge < -0.3 is 19.7 Å². The van der Waals surface area contributed by atoms with Crippen molar-refractivity contribution in [1.82, 2.24) is 0 Å². The Bertz CT molecular complexity index is 1170. The van der Waals surface area contributed by atoms with Crippen LogP contribution in [0.1, 0.15) is 0 Å². The average molecular weight is 424 g/mol. The van der Waals surface area contributed by atoms with Crippen LogP contribution in [0.4, 0.5) is 17.1 Å². The first-order valence-corrected chi connectivity index (χ1v) is 10.7. The fourth-order valence-electron chi connectivity index (χ4n) is 3.48. The van der Waals surface area contributed by atoms with Crippen molar-refractivity contribution in [1.29, 1.82) is 0 Å². The van der Waals surface area contributed by atoms with E-state index in [0.29, 0.717) is 28.6 Å². The average Bonchev–Trinajstić information content (AvgIpc) is 2.77. The third-order valence-electron chi connectivity index (χ3n) is 4.87. The fourth-order valence-corrected chi connectivity index (χ4v) is 5.14. The Morgan fingerprint density at radius 2 is 1.50 bits per heavy atom. The Morgan fingerprint density at radius 3 is 2.07 bits per heavy atom. The van der Waals surface area contributed by atoms with Gasteiger partial charge in [0, 0.05) is 6.07 Å². The van der Waals surface area contributed by atoms with Crippen LogP contribution >= 0.6 is 0 Å². The fraction of sp³-hybridized carbons (Fsp3) is 0.136. The number of hydrogen-bond donors (Lipinski definition) is 1. The van der Waals surface area contributed by atoms with Crippen LogP contribution in [0.5, 0.6) is 11.5 Å². The molecule has 0 unspecified atom stereocenters. The summed E-state index contributed by atoms with van der Waals surface area (Å²) in [6.07, 6.45) is 0. The van der Waals surface area contributed by atoms with Crippen molar-refractivity contribution < 1.29 is 22.7 Å². The number of carbonyl (C=O) groups excluding carboxylic acids is 1. The molecule has 30 heavy (non-hydrogen) atoms. The predicted molar refractivity (Wildman–Crippen MR) is 114 cm³/mol. The molecule has 0 bridgehead atoms. The monoisotopic (exact) mass is 424 g/mol. The number of rotatable bonds is 5. The lowest BCUT2D eigenvalue weighted by molar-refractivity contribution is -0.114. The molecular formula is C22H20N2O5S. The molecular weight excluding hydrogens is 404 g/mol. The molecule has 1 amide bonds. The van der Waals surface area contributed by atoms with E-state index in [9.17, 15) is 13.2 Å². The molecule has 3 aromatic rings. The van der Waals surface area contributed by atoms with Crippen molar-refractivity contribution in [3.05, 3.63) is 66.7 Å². The second-order valence-electron chi connectivity index (χ2n) is 6.64. The number of nitrogens with one attached hydrogen (secondary N) is 1. The van der Waals surface area contributed by atoms with Gasteiger partial charge in [-0.25, -0.2) is 8.42 Å². The Hall–Kier alpha value is -3.52. The van der Waals surface area contributed by atoms with Gasteiger partial charge in [0.05, 0.1) is 41.1 Å². The Labute approximate surface area is 174 Å². The normalized spacial score (nSPS) is 13.7. The number of para-hydroxylation sites is 2. The number of fused-ring (bicyclic) bond motifs is 2. The van der Waals surface area contributed by atoms with Gasteiger partial charge in [0.1, 0.15) is 18.0 Å². The first kappa shape index (κ1) is 19.8. The van der Waals surface area contributed by atoms with Crippen molar-refractivity contribution in [2.75, 3.05) is 31.0 Å². The third kappa shape index (κ3) is 3.35. The highest BCUT2D eigenvalue weighted by molar-refractivity contribution is 7.92. The molecule has 1 aliphatic rings. The molecule has 4 rings (SSSR count). The van der Waals surface area contributed by atoms with Gasteiger partial charge in [-0.1, -0.05) is 24.3 Å². The quantitative estimate of drug-likeness (QED) is 0.673. The first-order chi connectivity index (χ1) is 14.5. The summed E-state index contributed by atoms with van der Waals surface area (Å²) < 4.78 is 36.6. The molecule has 0 atom stereocenters. The lowest BCUT2D eigenvalue weighted by Gasteiger charge is -2.32. The van der Waals surface area contributed by atoms with E-state index < -0.39 is 9.84 Å². The molecule has 0 saturated carbocycles. The Morgan fingerprint density at radius 1 is 0.900 bits per heavy atom. The number of hydrogen-bond acceptors (Lipinski definition) is 6. The summed E-state index contributed by atoms with van der Waals surface area (Å²) in [5, 5.41) is 2.83. The molecule has 7 nitrogen and oxygen atoms in total. The molecule has 1 heterocycles. The molecule has 1 N–H and O–H groups in total. The van der Waals surface area contributed by atoms with Crippen LogP contribution in [0, 0.1) is 0 Å². The maximum absolute atomic E-state index is 13.0. The van der Waals surface area contributed by atoms with Gasteiger partial charge >= 0.3 is 0 Å². The van der Waals surface area contributed by atoms with Crippen LogP contribution in [0.3, 0.4) is 0 Å². The maximum Gasteiger partial charge on any atom is 0.244 e. The van der Waals surface area contributed by atoms with E-state index in [1.54, 1.807) is 71.6 Å². The summed E-state index contributed by atoms with van der Waals surface area (Å²) in [6, 6.07) is 18.4. The van der Waals surface area contributed by atoms with Gasteiger partial charge in [-0.2, -0.15) is 0 Å². The SMILES string of the molecule is COc1ccc(OC)c(NC(=O)CN2c3ccccc3S(=O)(=O)c3ccccc32)c1. The zero-order chi connectivity index (χ0) is 21.3. The molecule has 0 aromatic heterocycles. The molecule has 154 valence electrons. The van der Waals surface area contributed by atoms with Crippen molar-refractivity contribution in [3.8, 4) is 11.5 Å². The second kappa shape index (κ2) is 7.72. The van der Waals surface area contributed by atoms with E-state index in [1.165, 1.54) is 14.2 Å². The van der Waals surface area contributed by atoms with Crippen LogP contribution in [-0.2, 0) is 14.6 Å². The van der Waals surface area contributed by atoms with Crippen molar-refractivity contribution >= 4 is 32.8 Å². The van der Waals surface area contributed by atoms with Gasteiger partial charge in [0.25, 0.3) is 0 Å². The van der Waals surface area contributed by atoms with Crippen molar-refractivity contribution in [2.45, 2.75) is 9.79 Å². The van der Waals surface area contributed by atoms with E-state index in [4.69, 9.17) is 9.47 Å². The van der Waals surface area contributed by atoms with Crippen LogP contribution in [0.25, 0.3) is 0 Å². The molecule has 0 radical (unpaired) electrons. The summed E-state index contributed by atoms with van der Waals surface area (Å²) in [6.45, 7) is -0.0795. The third-order valence-corrected chi connectivity index (χ3v) is 6.72. The number of carbonyl (C=O) groups is 1. The smallest absolute Gasteiger partial charge is 0.244 e. The minimum atomic E-state index is -3.66. The van der Waals surface area contributed by atoms with E-state index in [1.807, 2.05) is 0 Å². The molecule has 1 aliphatic heterocycles. The topological polar surface area (TPSA) is 84.9 Å². The van der Waals surface area contributed by atoms with Crippen LogP contribution in [0.15, 0.2) is 76.5 Å². The molecule has 0 spiro atoms. The van der Waals surface area contributed by atoms with E-state index in [0.717, 1.165) is 0 Å². The van der Waals surface area contributed by atoms with Gasteiger partial charge in [0.2, 0.25) is 15.7 Å². The molecule has 0 fully saturated rings. The van der Waals surface area contributed by atoms with E-state index in [-0.39, 0.29) is 22.2 Å². The minimum absolute atomic E-state index is 0.0795. The Balaban J connectivity index is 1.70. The molecule has 8 heteroatoms.